The number of hydrogen-bond donors (Lipinski definition) is 1. The first-order chi connectivity index (χ1) is 7.70. The molecule has 1 heterocycles. The van der Waals surface area contributed by atoms with Gasteiger partial charge in [-0.15, -0.1) is 0 Å². The van der Waals surface area contributed by atoms with E-state index in [2.05, 4.69) is 36.1 Å². The van der Waals surface area contributed by atoms with E-state index in [1.165, 1.54) is 37.2 Å². The standard InChI is InChI=1S/C14H22N2/c1-3-12-8-9-16(10-12)14-6-4-13(5-7-14)11(2)15/h4-7,11-12H,3,8-10,15H2,1-2H3. The minimum atomic E-state index is 0.135. The van der Waals surface area contributed by atoms with Crippen molar-refractivity contribution < 1.29 is 0 Å². The molecule has 1 aromatic rings. The van der Waals surface area contributed by atoms with Gasteiger partial charge in [-0.1, -0.05) is 25.5 Å². The maximum absolute atomic E-state index is 5.85. The van der Waals surface area contributed by atoms with Gasteiger partial charge in [0.25, 0.3) is 0 Å². The Hall–Kier alpha value is -1.02. The van der Waals surface area contributed by atoms with E-state index >= 15 is 0 Å². The molecule has 0 saturated carbocycles. The van der Waals surface area contributed by atoms with Gasteiger partial charge in [0.1, 0.15) is 0 Å². The normalized spacial score (nSPS) is 22.4. The summed E-state index contributed by atoms with van der Waals surface area (Å²) in [5, 5.41) is 0. The number of nitrogens with zero attached hydrogens (tertiary/aromatic N) is 1. The van der Waals surface area contributed by atoms with Gasteiger partial charge in [-0.2, -0.15) is 0 Å². The van der Waals surface area contributed by atoms with Crippen LogP contribution in [0.25, 0.3) is 0 Å². The van der Waals surface area contributed by atoms with Crippen LogP contribution >= 0.6 is 0 Å². The topological polar surface area (TPSA) is 29.3 Å². The molecule has 0 aromatic heterocycles. The Labute approximate surface area is 98.4 Å². The van der Waals surface area contributed by atoms with E-state index in [0.717, 1.165) is 5.92 Å². The molecule has 0 bridgehead atoms. The maximum Gasteiger partial charge on any atom is 0.0366 e. The van der Waals surface area contributed by atoms with Crippen LogP contribution in [-0.2, 0) is 0 Å². The zero-order valence-corrected chi connectivity index (χ0v) is 10.3. The zero-order chi connectivity index (χ0) is 11.5. The minimum Gasteiger partial charge on any atom is -0.371 e. The monoisotopic (exact) mass is 218 g/mol. The Balaban J connectivity index is 2.05. The van der Waals surface area contributed by atoms with Gasteiger partial charge in [0.15, 0.2) is 0 Å². The molecule has 0 amide bonds. The molecule has 2 atom stereocenters. The number of rotatable bonds is 3. The number of anilines is 1. The molecule has 0 radical (unpaired) electrons. The van der Waals surface area contributed by atoms with E-state index in [1.807, 2.05) is 6.92 Å². The van der Waals surface area contributed by atoms with Crippen LogP contribution in [0.4, 0.5) is 5.69 Å². The Morgan fingerprint density at radius 1 is 1.38 bits per heavy atom. The van der Waals surface area contributed by atoms with Crippen LogP contribution in [0.3, 0.4) is 0 Å². The van der Waals surface area contributed by atoms with Crippen LogP contribution in [0.5, 0.6) is 0 Å². The lowest BCUT2D eigenvalue weighted by atomic mass is 10.1. The fraction of sp³-hybridized carbons (Fsp3) is 0.571. The molecule has 1 aliphatic heterocycles. The summed E-state index contributed by atoms with van der Waals surface area (Å²) >= 11 is 0. The molecule has 0 aliphatic carbocycles. The summed E-state index contributed by atoms with van der Waals surface area (Å²) < 4.78 is 0. The molecule has 1 fully saturated rings. The van der Waals surface area contributed by atoms with Crippen molar-refractivity contribution in [2.24, 2.45) is 11.7 Å². The SMILES string of the molecule is CCC1CCN(c2ccc(C(C)N)cc2)C1. The van der Waals surface area contributed by atoms with Gasteiger partial charge in [0.05, 0.1) is 0 Å². The highest BCUT2D eigenvalue weighted by Crippen LogP contribution is 2.26. The average molecular weight is 218 g/mol. The van der Waals surface area contributed by atoms with Gasteiger partial charge in [-0.05, 0) is 37.0 Å². The highest BCUT2D eigenvalue weighted by atomic mass is 15.1. The van der Waals surface area contributed by atoms with Crippen molar-refractivity contribution in [3.63, 3.8) is 0 Å². The van der Waals surface area contributed by atoms with Crippen LogP contribution < -0.4 is 10.6 Å². The van der Waals surface area contributed by atoms with Crippen molar-refractivity contribution >= 4 is 5.69 Å². The summed E-state index contributed by atoms with van der Waals surface area (Å²) in [6, 6.07) is 8.85. The molecule has 88 valence electrons. The molecule has 2 rings (SSSR count). The third-order valence-corrected chi connectivity index (χ3v) is 3.65. The highest BCUT2D eigenvalue weighted by molar-refractivity contribution is 5.48. The lowest BCUT2D eigenvalue weighted by molar-refractivity contribution is 0.569. The first kappa shape index (κ1) is 11.5. The summed E-state index contributed by atoms with van der Waals surface area (Å²) in [5.41, 5.74) is 8.41. The molecule has 16 heavy (non-hydrogen) atoms. The third-order valence-electron chi connectivity index (χ3n) is 3.65. The van der Waals surface area contributed by atoms with E-state index in [4.69, 9.17) is 5.73 Å². The fourth-order valence-electron chi connectivity index (χ4n) is 2.39. The van der Waals surface area contributed by atoms with Crippen molar-refractivity contribution in [3.8, 4) is 0 Å². The van der Waals surface area contributed by atoms with Gasteiger partial charge in [-0.3, -0.25) is 0 Å². The Morgan fingerprint density at radius 3 is 2.56 bits per heavy atom. The predicted molar refractivity (Wildman–Crippen MR) is 69.7 cm³/mol. The first-order valence-corrected chi connectivity index (χ1v) is 6.31. The Kier molecular flexibility index (Phi) is 3.49. The second kappa shape index (κ2) is 4.88. The molecular formula is C14H22N2. The molecule has 1 aromatic carbocycles. The van der Waals surface area contributed by atoms with E-state index in [1.54, 1.807) is 0 Å². The van der Waals surface area contributed by atoms with Crippen LogP contribution in [0, 0.1) is 5.92 Å². The second-order valence-corrected chi connectivity index (χ2v) is 4.89. The molecule has 1 aliphatic rings. The average Bonchev–Trinajstić information content (AvgIpc) is 2.77. The van der Waals surface area contributed by atoms with Crippen molar-refractivity contribution in [2.75, 3.05) is 18.0 Å². The quantitative estimate of drug-likeness (QED) is 0.845. The summed E-state index contributed by atoms with van der Waals surface area (Å²) in [6.45, 7) is 6.73. The smallest absolute Gasteiger partial charge is 0.0366 e. The van der Waals surface area contributed by atoms with Gasteiger partial charge >= 0.3 is 0 Å². The largest absolute Gasteiger partial charge is 0.371 e. The molecular weight excluding hydrogens is 196 g/mol. The highest BCUT2D eigenvalue weighted by Gasteiger charge is 2.20. The van der Waals surface area contributed by atoms with Crippen molar-refractivity contribution in [1.29, 1.82) is 0 Å². The van der Waals surface area contributed by atoms with Gasteiger partial charge in [-0.25, -0.2) is 0 Å². The maximum atomic E-state index is 5.85. The third kappa shape index (κ3) is 2.38. The summed E-state index contributed by atoms with van der Waals surface area (Å²) in [7, 11) is 0. The number of nitrogens with two attached hydrogens (primary N) is 1. The summed E-state index contributed by atoms with van der Waals surface area (Å²) in [5.74, 6) is 0.883. The molecule has 2 N–H and O–H groups in total. The van der Waals surface area contributed by atoms with Gasteiger partial charge in [0.2, 0.25) is 0 Å². The molecule has 2 heteroatoms. The van der Waals surface area contributed by atoms with Crippen LogP contribution in [0.1, 0.15) is 38.3 Å². The van der Waals surface area contributed by atoms with Crippen molar-refractivity contribution in [1.82, 2.24) is 0 Å². The Morgan fingerprint density at radius 2 is 2.06 bits per heavy atom. The van der Waals surface area contributed by atoms with Crippen molar-refractivity contribution in [2.45, 2.75) is 32.7 Å². The van der Waals surface area contributed by atoms with E-state index in [9.17, 15) is 0 Å². The van der Waals surface area contributed by atoms with E-state index in [0.29, 0.717) is 0 Å². The molecule has 2 nitrogen and oxygen atoms in total. The number of benzene rings is 1. The first-order valence-electron chi connectivity index (χ1n) is 6.31. The predicted octanol–water partition coefficient (Wildman–Crippen LogP) is 2.94. The lowest BCUT2D eigenvalue weighted by Gasteiger charge is -2.19. The van der Waals surface area contributed by atoms with Crippen LogP contribution in [0.2, 0.25) is 0 Å². The molecule has 0 spiro atoms. The number of hydrogen-bond acceptors (Lipinski definition) is 2. The van der Waals surface area contributed by atoms with E-state index in [-0.39, 0.29) is 6.04 Å². The van der Waals surface area contributed by atoms with Gasteiger partial charge < -0.3 is 10.6 Å². The molecule has 2 unspecified atom stereocenters. The van der Waals surface area contributed by atoms with Crippen LogP contribution in [-0.4, -0.2) is 13.1 Å². The fourth-order valence-corrected chi connectivity index (χ4v) is 2.39. The van der Waals surface area contributed by atoms with E-state index < -0.39 is 0 Å². The van der Waals surface area contributed by atoms with Crippen LogP contribution in [0.15, 0.2) is 24.3 Å². The Bertz CT molecular complexity index is 329. The van der Waals surface area contributed by atoms with Gasteiger partial charge in [0, 0.05) is 24.8 Å². The summed E-state index contributed by atoms with van der Waals surface area (Å²) in [4.78, 5) is 2.49. The molecule has 1 saturated heterocycles. The summed E-state index contributed by atoms with van der Waals surface area (Å²) in [6.07, 6.45) is 2.64. The van der Waals surface area contributed by atoms with Crippen molar-refractivity contribution in [3.05, 3.63) is 29.8 Å². The lowest BCUT2D eigenvalue weighted by Crippen LogP contribution is -2.19. The second-order valence-electron chi connectivity index (χ2n) is 4.89. The minimum absolute atomic E-state index is 0.135. The zero-order valence-electron chi connectivity index (χ0n) is 10.3.